The van der Waals surface area contributed by atoms with Crippen molar-refractivity contribution in [3.8, 4) is 0 Å². The molecular formula is C15H21N5O2. The number of rotatable bonds is 3. The quantitative estimate of drug-likeness (QED) is 0.799. The van der Waals surface area contributed by atoms with Gasteiger partial charge in [0.2, 0.25) is 11.8 Å². The molecule has 118 valence electrons. The van der Waals surface area contributed by atoms with Crippen molar-refractivity contribution in [3.63, 3.8) is 0 Å². The Hall–Kier alpha value is -1.92. The van der Waals surface area contributed by atoms with Crippen LogP contribution < -0.4 is 0 Å². The number of carbonyl (C=O) groups is 2. The first-order valence-corrected chi connectivity index (χ1v) is 8.16. The molecule has 3 aliphatic rings. The van der Waals surface area contributed by atoms with Crippen LogP contribution in [0.25, 0.3) is 0 Å². The molecule has 2 fully saturated rings. The Balaban J connectivity index is 1.44. The Morgan fingerprint density at radius 2 is 2.09 bits per heavy atom. The Morgan fingerprint density at radius 1 is 1.27 bits per heavy atom. The van der Waals surface area contributed by atoms with Gasteiger partial charge in [0, 0.05) is 38.5 Å². The van der Waals surface area contributed by atoms with Crippen LogP contribution in [-0.4, -0.2) is 55.5 Å². The second-order valence-electron chi connectivity index (χ2n) is 6.48. The summed E-state index contributed by atoms with van der Waals surface area (Å²) in [6, 6.07) is 0.405. The molecule has 0 N–H and O–H groups in total. The topological polar surface area (TPSA) is 71.3 Å². The Labute approximate surface area is 129 Å². The SMILES string of the molecule is CCc1nnc2n1CCN(C(=O)C1CC(=O)N(C3CC3)C1)C2. The molecule has 4 rings (SSSR count). The van der Waals surface area contributed by atoms with Crippen LogP contribution in [-0.2, 0) is 29.1 Å². The van der Waals surface area contributed by atoms with Gasteiger partial charge < -0.3 is 14.4 Å². The van der Waals surface area contributed by atoms with E-state index < -0.39 is 0 Å². The summed E-state index contributed by atoms with van der Waals surface area (Å²) >= 11 is 0. The maximum absolute atomic E-state index is 12.7. The summed E-state index contributed by atoms with van der Waals surface area (Å²) in [5, 5.41) is 8.37. The number of hydrogen-bond donors (Lipinski definition) is 0. The van der Waals surface area contributed by atoms with Gasteiger partial charge in [-0.25, -0.2) is 0 Å². The molecule has 7 nitrogen and oxygen atoms in total. The molecule has 1 saturated heterocycles. The summed E-state index contributed by atoms with van der Waals surface area (Å²) in [5.74, 6) is 1.92. The minimum atomic E-state index is -0.173. The number of nitrogens with zero attached hydrogens (tertiary/aromatic N) is 5. The largest absolute Gasteiger partial charge is 0.339 e. The molecule has 3 heterocycles. The van der Waals surface area contributed by atoms with Crippen LogP contribution in [0.4, 0.5) is 0 Å². The second-order valence-corrected chi connectivity index (χ2v) is 6.48. The van der Waals surface area contributed by atoms with Gasteiger partial charge in [0.15, 0.2) is 5.82 Å². The Morgan fingerprint density at radius 3 is 2.82 bits per heavy atom. The highest BCUT2D eigenvalue weighted by Crippen LogP contribution is 2.33. The van der Waals surface area contributed by atoms with Crippen LogP contribution in [0, 0.1) is 5.92 Å². The average Bonchev–Trinajstić information content (AvgIpc) is 3.17. The van der Waals surface area contributed by atoms with Crippen LogP contribution in [0.15, 0.2) is 0 Å². The van der Waals surface area contributed by atoms with Gasteiger partial charge in [0.25, 0.3) is 0 Å². The fourth-order valence-electron chi connectivity index (χ4n) is 3.56. The van der Waals surface area contributed by atoms with E-state index in [1.165, 1.54) is 0 Å². The van der Waals surface area contributed by atoms with E-state index in [9.17, 15) is 9.59 Å². The van der Waals surface area contributed by atoms with E-state index >= 15 is 0 Å². The highest BCUT2D eigenvalue weighted by molar-refractivity contribution is 5.89. The van der Waals surface area contributed by atoms with Crippen LogP contribution >= 0.6 is 0 Å². The van der Waals surface area contributed by atoms with E-state index in [2.05, 4.69) is 21.7 Å². The van der Waals surface area contributed by atoms with E-state index in [4.69, 9.17) is 0 Å². The first-order valence-electron chi connectivity index (χ1n) is 8.16. The van der Waals surface area contributed by atoms with Crippen molar-refractivity contribution in [2.45, 2.75) is 51.7 Å². The lowest BCUT2D eigenvalue weighted by atomic mass is 10.1. The highest BCUT2D eigenvalue weighted by atomic mass is 16.2. The van der Waals surface area contributed by atoms with Crippen LogP contribution in [0.1, 0.15) is 37.8 Å². The molecule has 2 amide bonds. The zero-order chi connectivity index (χ0) is 15.3. The summed E-state index contributed by atoms with van der Waals surface area (Å²) in [4.78, 5) is 28.5. The fourth-order valence-corrected chi connectivity index (χ4v) is 3.56. The Bertz CT molecular complexity index is 621. The molecule has 2 aliphatic heterocycles. The van der Waals surface area contributed by atoms with Gasteiger partial charge in [-0.15, -0.1) is 10.2 Å². The van der Waals surface area contributed by atoms with E-state index in [0.717, 1.165) is 37.5 Å². The monoisotopic (exact) mass is 303 g/mol. The highest BCUT2D eigenvalue weighted by Gasteiger charge is 2.43. The van der Waals surface area contributed by atoms with Gasteiger partial charge in [-0.05, 0) is 12.8 Å². The van der Waals surface area contributed by atoms with E-state index in [0.29, 0.717) is 32.1 Å². The first kappa shape index (κ1) is 13.7. The van der Waals surface area contributed by atoms with Gasteiger partial charge in [0.1, 0.15) is 5.82 Å². The molecule has 1 unspecified atom stereocenters. The second kappa shape index (κ2) is 5.07. The number of amides is 2. The van der Waals surface area contributed by atoms with Crippen molar-refractivity contribution in [1.82, 2.24) is 24.6 Å². The number of aryl methyl sites for hydroxylation is 1. The van der Waals surface area contributed by atoms with Gasteiger partial charge in [-0.1, -0.05) is 6.92 Å². The van der Waals surface area contributed by atoms with Crippen molar-refractivity contribution in [2.75, 3.05) is 13.1 Å². The molecule has 1 saturated carbocycles. The summed E-state index contributed by atoms with van der Waals surface area (Å²) in [6.07, 6.45) is 3.42. The molecule has 1 aromatic heterocycles. The predicted octanol–water partition coefficient (Wildman–Crippen LogP) is 0.194. The molecular weight excluding hydrogens is 282 g/mol. The number of likely N-dealkylation sites (tertiary alicyclic amines) is 1. The van der Waals surface area contributed by atoms with Crippen molar-refractivity contribution in [3.05, 3.63) is 11.6 Å². The maximum atomic E-state index is 12.7. The third-order valence-corrected chi connectivity index (χ3v) is 4.95. The fraction of sp³-hybridized carbons (Fsp3) is 0.733. The molecule has 0 bridgehead atoms. The number of fused-ring (bicyclic) bond motifs is 1. The lowest BCUT2D eigenvalue weighted by molar-refractivity contribution is -0.137. The van der Waals surface area contributed by atoms with Crippen LogP contribution in [0.2, 0.25) is 0 Å². The molecule has 0 aromatic carbocycles. The van der Waals surface area contributed by atoms with E-state index in [-0.39, 0.29) is 17.7 Å². The number of aromatic nitrogens is 3. The lowest BCUT2D eigenvalue weighted by Crippen LogP contribution is -2.42. The number of hydrogen-bond acceptors (Lipinski definition) is 4. The maximum Gasteiger partial charge on any atom is 0.228 e. The normalized spacial score (nSPS) is 24.8. The van der Waals surface area contributed by atoms with Crippen LogP contribution in [0.3, 0.4) is 0 Å². The average molecular weight is 303 g/mol. The van der Waals surface area contributed by atoms with Crippen molar-refractivity contribution < 1.29 is 9.59 Å². The lowest BCUT2D eigenvalue weighted by Gasteiger charge is -2.29. The summed E-state index contributed by atoms with van der Waals surface area (Å²) < 4.78 is 2.11. The van der Waals surface area contributed by atoms with E-state index in [1.807, 2.05) is 9.80 Å². The molecule has 22 heavy (non-hydrogen) atoms. The standard InChI is InChI=1S/C15H21N5O2/c1-2-12-16-17-13-9-18(5-6-19(12)13)15(22)10-7-14(21)20(8-10)11-3-4-11/h10-11H,2-9H2,1H3. The smallest absolute Gasteiger partial charge is 0.228 e. The third kappa shape index (κ3) is 2.19. The van der Waals surface area contributed by atoms with Crippen molar-refractivity contribution in [1.29, 1.82) is 0 Å². The molecule has 1 atom stereocenters. The van der Waals surface area contributed by atoms with Gasteiger partial charge in [-0.3, -0.25) is 9.59 Å². The Kier molecular flexibility index (Phi) is 3.16. The van der Waals surface area contributed by atoms with Crippen molar-refractivity contribution >= 4 is 11.8 Å². The predicted molar refractivity (Wildman–Crippen MR) is 77.7 cm³/mol. The zero-order valence-corrected chi connectivity index (χ0v) is 12.9. The molecule has 0 radical (unpaired) electrons. The van der Waals surface area contributed by atoms with Gasteiger partial charge >= 0.3 is 0 Å². The van der Waals surface area contributed by atoms with Crippen molar-refractivity contribution in [2.24, 2.45) is 5.92 Å². The zero-order valence-electron chi connectivity index (χ0n) is 12.9. The third-order valence-electron chi connectivity index (χ3n) is 4.95. The molecule has 1 aromatic rings. The summed E-state index contributed by atoms with van der Waals surface area (Å²) in [5.41, 5.74) is 0. The van der Waals surface area contributed by atoms with Crippen LogP contribution in [0.5, 0.6) is 0 Å². The molecule has 7 heteroatoms. The molecule has 0 spiro atoms. The minimum Gasteiger partial charge on any atom is -0.339 e. The summed E-state index contributed by atoms with van der Waals surface area (Å²) in [7, 11) is 0. The summed E-state index contributed by atoms with van der Waals surface area (Å²) in [6.45, 7) is 4.62. The van der Waals surface area contributed by atoms with Gasteiger partial charge in [0.05, 0.1) is 12.5 Å². The van der Waals surface area contributed by atoms with E-state index in [1.54, 1.807) is 0 Å². The van der Waals surface area contributed by atoms with Gasteiger partial charge in [-0.2, -0.15) is 0 Å². The molecule has 1 aliphatic carbocycles. The number of carbonyl (C=O) groups excluding carboxylic acids is 2. The minimum absolute atomic E-state index is 0.101. The first-order chi connectivity index (χ1) is 10.7.